The monoisotopic (exact) mass is 349 g/mol. The van der Waals surface area contributed by atoms with Gasteiger partial charge < -0.3 is 4.57 Å². The number of Topliss-reactive ketones (excluding diaryl/α,β-unsaturated/α-hetero) is 1. The van der Waals surface area contributed by atoms with Gasteiger partial charge in [0.05, 0.1) is 0 Å². The van der Waals surface area contributed by atoms with Crippen LogP contribution in [0, 0.1) is 13.8 Å². The standard InChI is InChI=1S/C14H11Cl4NO/c1-8-6-12(13(20)14(16,17)18)9(2)19(8)11-5-3-4-10(15)7-11/h3-7H,1-2H3. The lowest BCUT2D eigenvalue weighted by molar-refractivity contribution is 0.0996. The molecule has 0 amide bonds. The molecule has 0 unspecified atom stereocenters. The van der Waals surface area contributed by atoms with Crippen LogP contribution in [0.2, 0.25) is 5.02 Å². The van der Waals surface area contributed by atoms with Gasteiger partial charge >= 0.3 is 0 Å². The van der Waals surface area contributed by atoms with Crippen LogP contribution in [0.4, 0.5) is 0 Å². The van der Waals surface area contributed by atoms with E-state index in [0.717, 1.165) is 11.4 Å². The van der Waals surface area contributed by atoms with E-state index in [1.165, 1.54) is 0 Å². The van der Waals surface area contributed by atoms with Crippen molar-refractivity contribution in [3.63, 3.8) is 0 Å². The molecule has 2 nitrogen and oxygen atoms in total. The molecule has 0 fully saturated rings. The van der Waals surface area contributed by atoms with Gasteiger partial charge in [-0.1, -0.05) is 52.5 Å². The third-order valence-corrected chi connectivity index (χ3v) is 3.75. The molecule has 0 N–H and O–H groups in total. The van der Waals surface area contributed by atoms with Crippen molar-refractivity contribution >= 4 is 52.2 Å². The van der Waals surface area contributed by atoms with E-state index in [0.29, 0.717) is 16.3 Å². The maximum atomic E-state index is 12.1. The molecule has 0 saturated carbocycles. The molecule has 1 aromatic heterocycles. The molecular formula is C14H11Cl4NO. The quantitative estimate of drug-likeness (QED) is 0.532. The Morgan fingerprint density at radius 1 is 1.15 bits per heavy atom. The third-order valence-electron chi connectivity index (χ3n) is 3.00. The van der Waals surface area contributed by atoms with Crippen LogP contribution in [0.3, 0.4) is 0 Å². The van der Waals surface area contributed by atoms with Crippen LogP contribution in [0.25, 0.3) is 5.69 Å². The Bertz CT molecular complexity index is 670. The second kappa shape index (κ2) is 5.61. The summed E-state index contributed by atoms with van der Waals surface area (Å²) in [5.74, 6) is -0.538. The van der Waals surface area contributed by atoms with Gasteiger partial charge in [-0.2, -0.15) is 0 Å². The molecule has 0 spiro atoms. The van der Waals surface area contributed by atoms with Crippen LogP contribution in [-0.4, -0.2) is 14.1 Å². The van der Waals surface area contributed by atoms with Crippen molar-refractivity contribution in [2.24, 2.45) is 0 Å². The number of halogens is 4. The number of aryl methyl sites for hydroxylation is 1. The van der Waals surface area contributed by atoms with Gasteiger partial charge in [0.1, 0.15) is 0 Å². The summed E-state index contributed by atoms with van der Waals surface area (Å²) < 4.78 is -0.0623. The lowest BCUT2D eigenvalue weighted by atomic mass is 10.2. The molecule has 0 saturated heterocycles. The largest absolute Gasteiger partial charge is 0.318 e. The first kappa shape index (κ1) is 15.7. The van der Waals surface area contributed by atoms with Crippen LogP contribution >= 0.6 is 46.4 Å². The number of carbonyl (C=O) groups excluding carboxylic acids is 1. The van der Waals surface area contributed by atoms with E-state index >= 15 is 0 Å². The number of alkyl halides is 3. The predicted molar refractivity (Wildman–Crippen MR) is 84.9 cm³/mol. The minimum atomic E-state index is -1.96. The molecule has 0 aliphatic rings. The topological polar surface area (TPSA) is 22.0 Å². The predicted octanol–water partition coefficient (Wildman–Crippen LogP) is 5.30. The van der Waals surface area contributed by atoms with E-state index in [1.54, 1.807) is 19.1 Å². The first-order valence-corrected chi connectivity index (χ1v) is 7.29. The molecule has 0 bridgehead atoms. The van der Waals surface area contributed by atoms with Crippen molar-refractivity contribution in [3.05, 3.63) is 52.3 Å². The van der Waals surface area contributed by atoms with Gasteiger partial charge in [-0.25, -0.2) is 0 Å². The molecule has 20 heavy (non-hydrogen) atoms. The van der Waals surface area contributed by atoms with E-state index in [-0.39, 0.29) is 0 Å². The molecule has 106 valence electrons. The van der Waals surface area contributed by atoms with E-state index in [4.69, 9.17) is 46.4 Å². The van der Waals surface area contributed by atoms with Crippen LogP contribution in [0.5, 0.6) is 0 Å². The van der Waals surface area contributed by atoms with E-state index in [2.05, 4.69) is 0 Å². The number of ketones is 1. The Morgan fingerprint density at radius 3 is 2.35 bits per heavy atom. The Morgan fingerprint density at radius 2 is 1.80 bits per heavy atom. The van der Waals surface area contributed by atoms with Gasteiger partial charge in [-0.15, -0.1) is 0 Å². The summed E-state index contributed by atoms with van der Waals surface area (Å²) in [6, 6.07) is 9.04. The van der Waals surface area contributed by atoms with Crippen molar-refractivity contribution in [2.75, 3.05) is 0 Å². The van der Waals surface area contributed by atoms with Gasteiger partial charge in [0.15, 0.2) is 0 Å². The van der Waals surface area contributed by atoms with Gasteiger partial charge in [-0.3, -0.25) is 4.79 Å². The van der Waals surface area contributed by atoms with Gasteiger partial charge in [0.25, 0.3) is 3.79 Å². The minimum Gasteiger partial charge on any atom is -0.318 e. The molecule has 0 radical (unpaired) electrons. The number of nitrogens with zero attached hydrogens (tertiary/aromatic N) is 1. The first-order valence-electron chi connectivity index (χ1n) is 5.78. The highest BCUT2D eigenvalue weighted by atomic mass is 35.6. The summed E-state index contributed by atoms with van der Waals surface area (Å²) in [7, 11) is 0. The highest BCUT2D eigenvalue weighted by Crippen LogP contribution is 2.33. The number of hydrogen-bond donors (Lipinski definition) is 0. The van der Waals surface area contributed by atoms with Crippen molar-refractivity contribution in [1.82, 2.24) is 4.57 Å². The fourth-order valence-electron chi connectivity index (χ4n) is 2.16. The first-order chi connectivity index (χ1) is 9.21. The van der Waals surface area contributed by atoms with Crippen LogP contribution in [0.15, 0.2) is 30.3 Å². The fraction of sp³-hybridized carbons (Fsp3) is 0.214. The summed E-state index contributed by atoms with van der Waals surface area (Å²) in [4.78, 5) is 12.1. The lowest BCUT2D eigenvalue weighted by Gasteiger charge is -2.12. The summed E-state index contributed by atoms with van der Waals surface area (Å²) in [6.07, 6.45) is 0. The van der Waals surface area contributed by atoms with Crippen LogP contribution in [0.1, 0.15) is 21.7 Å². The van der Waals surface area contributed by atoms with Gasteiger partial charge in [0, 0.05) is 27.7 Å². The number of benzene rings is 1. The van der Waals surface area contributed by atoms with E-state index in [9.17, 15) is 4.79 Å². The second-order valence-corrected chi connectivity index (χ2v) is 7.14. The maximum absolute atomic E-state index is 12.1. The number of rotatable bonds is 2. The zero-order valence-electron chi connectivity index (χ0n) is 10.8. The smallest absolute Gasteiger partial charge is 0.253 e. The molecule has 2 aromatic rings. The maximum Gasteiger partial charge on any atom is 0.253 e. The fourth-order valence-corrected chi connectivity index (χ4v) is 2.65. The number of aromatic nitrogens is 1. The molecule has 2 rings (SSSR count). The highest BCUT2D eigenvalue weighted by Gasteiger charge is 2.34. The molecule has 1 heterocycles. The molecule has 1 aromatic carbocycles. The molecule has 6 heteroatoms. The van der Waals surface area contributed by atoms with Crippen LogP contribution in [-0.2, 0) is 0 Å². The van der Waals surface area contributed by atoms with Crippen molar-refractivity contribution < 1.29 is 4.79 Å². The normalized spacial score (nSPS) is 11.7. The average Bonchev–Trinajstić information content (AvgIpc) is 2.62. The molecule has 0 aliphatic carbocycles. The van der Waals surface area contributed by atoms with Crippen molar-refractivity contribution in [3.8, 4) is 5.69 Å². The summed E-state index contributed by atoms with van der Waals surface area (Å²) in [6.45, 7) is 3.68. The Labute approximate surface area is 137 Å². The van der Waals surface area contributed by atoms with E-state index in [1.807, 2.05) is 29.7 Å². The van der Waals surface area contributed by atoms with Gasteiger partial charge in [0.2, 0.25) is 5.78 Å². The number of carbonyl (C=O) groups is 1. The van der Waals surface area contributed by atoms with Gasteiger partial charge in [-0.05, 0) is 38.1 Å². The lowest BCUT2D eigenvalue weighted by Crippen LogP contribution is -2.19. The Hall–Kier alpha value is -0.670. The Balaban J connectivity index is 2.58. The SMILES string of the molecule is Cc1cc(C(=O)C(Cl)(Cl)Cl)c(C)n1-c1cccc(Cl)c1. The van der Waals surface area contributed by atoms with Crippen molar-refractivity contribution in [1.29, 1.82) is 0 Å². The van der Waals surface area contributed by atoms with Crippen LogP contribution < -0.4 is 0 Å². The highest BCUT2D eigenvalue weighted by molar-refractivity contribution is 6.77. The summed E-state index contributed by atoms with van der Waals surface area (Å²) in [5.41, 5.74) is 2.82. The Kier molecular flexibility index (Phi) is 4.41. The third kappa shape index (κ3) is 2.99. The second-order valence-electron chi connectivity index (χ2n) is 4.43. The zero-order chi connectivity index (χ0) is 15.1. The molecular weight excluding hydrogens is 340 g/mol. The summed E-state index contributed by atoms with van der Waals surface area (Å²) >= 11 is 23.0. The minimum absolute atomic E-state index is 0.391. The average molecular weight is 351 g/mol. The van der Waals surface area contributed by atoms with Crippen molar-refractivity contribution in [2.45, 2.75) is 17.6 Å². The van der Waals surface area contributed by atoms with E-state index < -0.39 is 9.58 Å². The summed E-state index contributed by atoms with van der Waals surface area (Å²) in [5, 5.41) is 0.615. The molecule has 0 aliphatic heterocycles. The molecule has 0 atom stereocenters. The zero-order valence-corrected chi connectivity index (χ0v) is 13.8. The number of hydrogen-bond acceptors (Lipinski definition) is 1.